The predicted octanol–water partition coefficient (Wildman–Crippen LogP) is 6.41. The number of carbonyl (C=O) groups is 1. The number of aromatic nitrogens is 2. The molecule has 8 nitrogen and oxygen atoms in total. The first-order valence-electron chi connectivity index (χ1n) is 12.7. The normalized spacial score (nSPS) is 14.1. The molecule has 2 heterocycles. The topological polar surface area (TPSA) is 110 Å². The summed E-state index contributed by atoms with van der Waals surface area (Å²) in [4.78, 5) is 22.2. The summed E-state index contributed by atoms with van der Waals surface area (Å²) in [6.45, 7) is 12.3. The Hall–Kier alpha value is -4.24. The van der Waals surface area contributed by atoms with Crippen molar-refractivity contribution in [1.82, 2.24) is 9.97 Å². The van der Waals surface area contributed by atoms with Crippen molar-refractivity contribution >= 4 is 27.6 Å². The number of rotatable bonds is 2. The largest absolute Gasteiger partial charge is 0.439 e. The van der Waals surface area contributed by atoms with Crippen molar-refractivity contribution in [2.24, 2.45) is 0 Å². The van der Waals surface area contributed by atoms with Gasteiger partial charge in [-0.05, 0) is 105 Å². The van der Waals surface area contributed by atoms with Gasteiger partial charge in [0.05, 0.1) is 10.6 Å². The lowest BCUT2D eigenvalue weighted by Gasteiger charge is -2.22. The predicted molar refractivity (Wildman–Crippen MR) is 152 cm³/mol. The van der Waals surface area contributed by atoms with Gasteiger partial charge in [0.25, 0.3) is 15.9 Å². The third kappa shape index (κ3) is 4.74. The van der Waals surface area contributed by atoms with Gasteiger partial charge in [0, 0.05) is 22.4 Å². The fourth-order valence-corrected chi connectivity index (χ4v) is 5.90. The van der Waals surface area contributed by atoms with E-state index in [1.165, 1.54) is 17.7 Å². The first-order chi connectivity index (χ1) is 18.5. The summed E-state index contributed by atoms with van der Waals surface area (Å²) in [7, 11) is -4.09. The lowest BCUT2D eigenvalue weighted by molar-refractivity contribution is 0.102. The molecule has 1 aliphatic rings. The van der Waals surface area contributed by atoms with Gasteiger partial charge in [-0.2, -0.15) is 4.98 Å². The van der Waals surface area contributed by atoms with Crippen LogP contribution in [0.4, 0.5) is 11.6 Å². The highest BCUT2D eigenvalue weighted by Gasteiger charge is 2.25. The molecule has 5 rings (SSSR count). The second-order valence-electron chi connectivity index (χ2n) is 9.75. The maximum absolute atomic E-state index is 13.4. The van der Waals surface area contributed by atoms with Gasteiger partial charge in [0.1, 0.15) is 5.75 Å². The van der Waals surface area contributed by atoms with Gasteiger partial charge in [-0.25, -0.2) is 18.1 Å². The zero-order chi connectivity index (χ0) is 28.1. The number of ether oxygens (including phenoxy) is 1. The third-order valence-corrected chi connectivity index (χ3v) is 8.82. The summed E-state index contributed by atoms with van der Waals surface area (Å²) < 4.78 is 35.6. The molecule has 0 saturated carbocycles. The molecular formula is C30H30N4O4S. The molecule has 0 unspecified atom stereocenters. The molecule has 0 atom stereocenters. The fourth-order valence-electron chi connectivity index (χ4n) is 4.91. The highest BCUT2D eigenvalue weighted by Crippen LogP contribution is 2.39. The van der Waals surface area contributed by atoms with E-state index in [4.69, 9.17) is 9.72 Å². The summed E-state index contributed by atoms with van der Waals surface area (Å²) in [5.41, 5.74) is 8.60. The van der Waals surface area contributed by atoms with Crippen LogP contribution in [0, 0.1) is 34.6 Å². The second-order valence-corrected chi connectivity index (χ2v) is 11.4. The van der Waals surface area contributed by atoms with E-state index in [1.54, 1.807) is 36.4 Å². The van der Waals surface area contributed by atoms with Crippen molar-refractivity contribution in [2.45, 2.75) is 52.9 Å². The number of anilines is 2. The maximum Gasteiger partial charge on any atom is 0.264 e. The average Bonchev–Trinajstić information content (AvgIpc) is 2.90. The summed E-state index contributed by atoms with van der Waals surface area (Å²) in [6.07, 6.45) is 0.533. The van der Waals surface area contributed by atoms with Gasteiger partial charge < -0.3 is 10.1 Å². The van der Waals surface area contributed by atoms with Gasteiger partial charge in [0.15, 0.2) is 0 Å². The van der Waals surface area contributed by atoms with Crippen molar-refractivity contribution in [3.63, 3.8) is 0 Å². The molecule has 1 aromatic heterocycles. The second kappa shape index (κ2) is 9.81. The molecule has 0 aliphatic carbocycles. The van der Waals surface area contributed by atoms with Crippen molar-refractivity contribution in [3.8, 4) is 22.9 Å². The van der Waals surface area contributed by atoms with Gasteiger partial charge in [-0.1, -0.05) is 19.1 Å². The van der Waals surface area contributed by atoms with E-state index < -0.39 is 15.9 Å². The molecule has 4 aromatic rings. The van der Waals surface area contributed by atoms with Crippen LogP contribution in [0.3, 0.4) is 0 Å². The van der Waals surface area contributed by atoms with Crippen molar-refractivity contribution in [1.29, 1.82) is 0 Å². The summed E-state index contributed by atoms with van der Waals surface area (Å²) in [5, 5.41) is 2.75. The number of nitrogens with zero attached hydrogens (tertiary/aromatic N) is 2. The smallest absolute Gasteiger partial charge is 0.264 e. The van der Waals surface area contributed by atoms with Gasteiger partial charge >= 0.3 is 0 Å². The highest BCUT2D eigenvalue weighted by atomic mass is 32.2. The Bertz CT molecular complexity index is 1730. The van der Waals surface area contributed by atoms with E-state index >= 15 is 0 Å². The van der Waals surface area contributed by atoms with Crippen LogP contribution in [0.2, 0.25) is 0 Å². The first kappa shape index (κ1) is 26.4. The van der Waals surface area contributed by atoms with Crippen molar-refractivity contribution < 1.29 is 17.9 Å². The lowest BCUT2D eigenvalue weighted by atomic mass is 9.86. The Morgan fingerprint density at radius 2 is 1.51 bits per heavy atom. The van der Waals surface area contributed by atoms with E-state index in [-0.39, 0.29) is 16.7 Å². The van der Waals surface area contributed by atoms with E-state index in [1.807, 2.05) is 6.92 Å². The molecule has 0 spiro atoms. The van der Waals surface area contributed by atoms with Crippen LogP contribution in [0.5, 0.6) is 11.6 Å². The van der Waals surface area contributed by atoms with E-state index in [0.29, 0.717) is 29.1 Å². The van der Waals surface area contributed by atoms with Crippen LogP contribution in [0.15, 0.2) is 53.4 Å². The molecule has 1 aliphatic heterocycles. The first-order valence-corrected chi connectivity index (χ1v) is 14.2. The summed E-state index contributed by atoms with van der Waals surface area (Å²) >= 11 is 0. The van der Waals surface area contributed by atoms with Gasteiger partial charge in [-0.3, -0.25) is 4.79 Å². The minimum Gasteiger partial charge on any atom is -0.439 e. The minimum absolute atomic E-state index is 0.0346. The fraction of sp³-hybridized carbons (Fsp3) is 0.233. The van der Waals surface area contributed by atoms with Crippen LogP contribution in [-0.4, -0.2) is 24.3 Å². The van der Waals surface area contributed by atoms with E-state index in [9.17, 15) is 13.2 Å². The SMILES string of the molecule is CCc1c2nc(nc1-c1c(C)c(C)c(C)c(C)c1C)NS(=O)(=O)c1cccc(c1)NC(=O)c1cccc(c1)O2. The molecule has 1 amide bonds. The van der Waals surface area contributed by atoms with E-state index in [2.05, 4.69) is 49.6 Å². The molecule has 9 heteroatoms. The van der Waals surface area contributed by atoms with Gasteiger partial charge in [-0.15, -0.1) is 0 Å². The molecule has 6 bridgehead atoms. The zero-order valence-corrected chi connectivity index (χ0v) is 23.6. The Kier molecular flexibility index (Phi) is 6.64. The number of fused-ring (bicyclic) bond motifs is 6. The number of hydrogen-bond acceptors (Lipinski definition) is 6. The van der Waals surface area contributed by atoms with E-state index in [0.717, 1.165) is 33.4 Å². The molecule has 200 valence electrons. The molecule has 0 saturated heterocycles. The highest BCUT2D eigenvalue weighted by molar-refractivity contribution is 7.92. The molecular weight excluding hydrogens is 512 g/mol. The summed E-state index contributed by atoms with van der Waals surface area (Å²) in [6, 6.07) is 12.8. The van der Waals surface area contributed by atoms with Gasteiger partial charge in [0.2, 0.25) is 11.8 Å². The molecule has 0 radical (unpaired) electrons. The van der Waals surface area contributed by atoms with Crippen molar-refractivity contribution in [3.05, 3.63) is 87.5 Å². The molecule has 39 heavy (non-hydrogen) atoms. The maximum atomic E-state index is 13.4. The van der Waals surface area contributed by atoms with Crippen LogP contribution in [0.1, 0.15) is 50.7 Å². The number of carbonyl (C=O) groups excluding carboxylic acids is 1. The molecule has 0 fully saturated rings. The quantitative estimate of drug-likeness (QED) is 0.303. The standard InChI is InChI=1S/C30H30N4O4S/c1-7-25-27(26-19(5)17(3)16(2)18(4)20(26)6)32-30-33-29(25)38-23-12-8-10-21(14-23)28(35)31-22-11-9-13-24(15-22)39(36,37)34-30/h8-15H,7H2,1-6H3,(H,31,35)(H,32,33,34). The van der Waals surface area contributed by atoms with Crippen LogP contribution in [0.25, 0.3) is 11.3 Å². The average molecular weight is 543 g/mol. The number of hydrogen-bond donors (Lipinski definition) is 2. The van der Waals surface area contributed by atoms with Crippen LogP contribution in [-0.2, 0) is 16.4 Å². The third-order valence-electron chi connectivity index (χ3n) is 7.50. The monoisotopic (exact) mass is 542 g/mol. The Morgan fingerprint density at radius 3 is 2.21 bits per heavy atom. The zero-order valence-electron chi connectivity index (χ0n) is 22.8. The minimum atomic E-state index is -4.09. The molecule has 3 aromatic carbocycles. The number of amides is 1. The van der Waals surface area contributed by atoms with Crippen LogP contribution >= 0.6 is 0 Å². The summed E-state index contributed by atoms with van der Waals surface area (Å²) in [5.74, 6) is 0.121. The lowest BCUT2D eigenvalue weighted by Crippen LogP contribution is -2.18. The Labute approximate surface area is 228 Å². The number of sulfonamides is 1. The number of benzene rings is 3. The van der Waals surface area contributed by atoms with Crippen LogP contribution < -0.4 is 14.8 Å². The Morgan fingerprint density at radius 1 is 0.846 bits per heavy atom. The van der Waals surface area contributed by atoms with Crippen molar-refractivity contribution in [2.75, 3.05) is 10.0 Å². The molecule has 2 N–H and O–H groups in total. The number of nitrogens with one attached hydrogen (secondary N) is 2. The Balaban J connectivity index is 1.82.